The van der Waals surface area contributed by atoms with E-state index in [1.807, 2.05) is 13.8 Å². The maximum atomic E-state index is 12.2. The molecule has 114 valence electrons. The number of hydrogen-bond donors (Lipinski definition) is 2. The second-order valence-corrected chi connectivity index (χ2v) is 5.86. The van der Waals surface area contributed by atoms with E-state index in [4.69, 9.17) is 9.84 Å². The van der Waals surface area contributed by atoms with Gasteiger partial charge in [0.15, 0.2) is 0 Å². The highest BCUT2D eigenvalue weighted by molar-refractivity contribution is 5.97. The van der Waals surface area contributed by atoms with Crippen LogP contribution in [0.5, 0.6) is 5.75 Å². The van der Waals surface area contributed by atoms with Crippen molar-refractivity contribution in [2.24, 2.45) is 11.8 Å². The van der Waals surface area contributed by atoms with Gasteiger partial charge in [-0.15, -0.1) is 0 Å². The highest BCUT2D eigenvalue weighted by Gasteiger charge is 2.37. The monoisotopic (exact) mass is 291 g/mol. The maximum absolute atomic E-state index is 12.2. The molecule has 5 nitrogen and oxygen atoms in total. The molecule has 1 atom stereocenters. The van der Waals surface area contributed by atoms with Crippen LogP contribution in [0.15, 0.2) is 24.3 Å². The van der Waals surface area contributed by atoms with Gasteiger partial charge in [-0.1, -0.05) is 19.9 Å². The first-order valence-electron chi connectivity index (χ1n) is 7.24. The lowest BCUT2D eigenvalue weighted by Crippen LogP contribution is -2.42. The average Bonchev–Trinajstić information content (AvgIpc) is 3.26. The van der Waals surface area contributed by atoms with Gasteiger partial charge < -0.3 is 15.2 Å². The smallest absolute Gasteiger partial charge is 0.326 e. The van der Waals surface area contributed by atoms with Crippen molar-refractivity contribution < 1.29 is 19.4 Å². The minimum Gasteiger partial charge on any atom is -0.493 e. The second-order valence-electron chi connectivity index (χ2n) is 5.86. The number of hydrogen-bond acceptors (Lipinski definition) is 3. The molecule has 1 aromatic rings. The summed E-state index contributed by atoms with van der Waals surface area (Å²) in [5.74, 6) is -0.266. The predicted molar refractivity (Wildman–Crippen MR) is 78.4 cm³/mol. The Morgan fingerprint density at radius 2 is 2.10 bits per heavy atom. The van der Waals surface area contributed by atoms with Crippen LogP contribution in [0.2, 0.25) is 0 Å². The Bertz CT molecular complexity index is 523. The van der Waals surface area contributed by atoms with Gasteiger partial charge in [-0.05, 0) is 42.9 Å². The largest absolute Gasteiger partial charge is 0.493 e. The van der Waals surface area contributed by atoms with Gasteiger partial charge in [-0.2, -0.15) is 0 Å². The summed E-state index contributed by atoms with van der Waals surface area (Å²) < 4.78 is 5.57. The third kappa shape index (κ3) is 4.48. The van der Waals surface area contributed by atoms with E-state index in [9.17, 15) is 9.59 Å². The molecule has 21 heavy (non-hydrogen) atoms. The second kappa shape index (κ2) is 6.61. The van der Waals surface area contributed by atoms with Gasteiger partial charge in [-0.25, -0.2) is 4.79 Å². The first-order valence-corrected chi connectivity index (χ1v) is 7.24. The van der Waals surface area contributed by atoms with E-state index in [1.54, 1.807) is 24.3 Å². The van der Waals surface area contributed by atoms with Crippen LogP contribution < -0.4 is 10.1 Å². The molecule has 1 aliphatic carbocycles. The molecule has 0 bridgehead atoms. The van der Waals surface area contributed by atoms with Crippen LogP contribution in [0.4, 0.5) is 0 Å². The fourth-order valence-electron chi connectivity index (χ4n) is 2.03. The minimum absolute atomic E-state index is 0.0619. The van der Waals surface area contributed by atoms with Crippen molar-refractivity contribution in [3.8, 4) is 5.75 Å². The fraction of sp³-hybridized carbons (Fsp3) is 0.500. The number of rotatable bonds is 7. The number of carbonyl (C=O) groups excluding carboxylic acids is 1. The quantitative estimate of drug-likeness (QED) is 0.808. The van der Waals surface area contributed by atoms with Crippen LogP contribution in [-0.4, -0.2) is 29.6 Å². The molecule has 1 aromatic carbocycles. The molecule has 0 radical (unpaired) electrons. The summed E-state index contributed by atoms with van der Waals surface area (Å²) in [6.07, 6.45) is 1.71. The number of benzene rings is 1. The van der Waals surface area contributed by atoms with Gasteiger partial charge in [0.1, 0.15) is 11.8 Å². The Kier molecular flexibility index (Phi) is 4.83. The first kappa shape index (κ1) is 15.4. The summed E-state index contributed by atoms with van der Waals surface area (Å²) in [7, 11) is 0. The van der Waals surface area contributed by atoms with Crippen LogP contribution in [0.3, 0.4) is 0 Å². The lowest BCUT2D eigenvalue weighted by Gasteiger charge is -2.14. The van der Waals surface area contributed by atoms with Crippen molar-refractivity contribution in [3.05, 3.63) is 29.8 Å². The van der Waals surface area contributed by atoms with Gasteiger partial charge in [-0.3, -0.25) is 4.79 Å². The third-order valence-corrected chi connectivity index (χ3v) is 3.33. The summed E-state index contributed by atoms with van der Waals surface area (Å²) in [5, 5.41) is 11.7. The molecule has 0 saturated heterocycles. The number of carboxylic acids is 1. The van der Waals surface area contributed by atoms with Crippen molar-refractivity contribution in [1.29, 1.82) is 0 Å². The normalized spacial score (nSPS) is 15.6. The van der Waals surface area contributed by atoms with E-state index in [-0.39, 0.29) is 11.8 Å². The number of amides is 1. The molecule has 1 saturated carbocycles. The lowest BCUT2D eigenvalue weighted by atomic mass is 10.1. The average molecular weight is 291 g/mol. The van der Waals surface area contributed by atoms with E-state index >= 15 is 0 Å². The number of carbonyl (C=O) groups is 2. The van der Waals surface area contributed by atoms with Crippen molar-refractivity contribution in [2.45, 2.75) is 32.7 Å². The first-order chi connectivity index (χ1) is 9.97. The van der Waals surface area contributed by atoms with Gasteiger partial charge in [0, 0.05) is 5.56 Å². The molecule has 2 N–H and O–H groups in total. The summed E-state index contributed by atoms with van der Waals surface area (Å²) in [5.41, 5.74) is 0.420. The van der Waals surface area contributed by atoms with Crippen molar-refractivity contribution in [2.75, 3.05) is 6.61 Å². The lowest BCUT2D eigenvalue weighted by molar-refractivity contribution is -0.139. The molecule has 0 spiro atoms. The molecule has 0 aliphatic heterocycles. The zero-order valence-corrected chi connectivity index (χ0v) is 12.3. The van der Waals surface area contributed by atoms with Crippen molar-refractivity contribution in [3.63, 3.8) is 0 Å². The molecule has 1 unspecified atom stereocenters. The zero-order chi connectivity index (χ0) is 15.4. The predicted octanol–water partition coefficient (Wildman–Crippen LogP) is 2.31. The summed E-state index contributed by atoms with van der Waals surface area (Å²) >= 11 is 0. The number of aliphatic carboxylic acids is 1. The molecule has 0 heterocycles. The Morgan fingerprint density at radius 3 is 2.67 bits per heavy atom. The SMILES string of the molecule is CC(C)COc1cccc(C(=O)NC(C(=O)O)C2CC2)c1. The molecule has 5 heteroatoms. The van der Waals surface area contributed by atoms with E-state index in [0.717, 1.165) is 12.8 Å². The van der Waals surface area contributed by atoms with Gasteiger partial charge in [0.05, 0.1) is 6.61 Å². The minimum atomic E-state index is -0.974. The van der Waals surface area contributed by atoms with E-state index in [2.05, 4.69) is 5.32 Å². The fourth-order valence-corrected chi connectivity index (χ4v) is 2.03. The Balaban J connectivity index is 2.01. The third-order valence-electron chi connectivity index (χ3n) is 3.33. The van der Waals surface area contributed by atoms with Gasteiger partial charge in [0.25, 0.3) is 5.91 Å². The Labute approximate surface area is 124 Å². The van der Waals surface area contributed by atoms with Gasteiger partial charge in [0.2, 0.25) is 0 Å². The Morgan fingerprint density at radius 1 is 1.38 bits per heavy atom. The van der Waals surface area contributed by atoms with Crippen LogP contribution in [0, 0.1) is 11.8 Å². The highest BCUT2D eigenvalue weighted by Crippen LogP contribution is 2.32. The van der Waals surface area contributed by atoms with Crippen LogP contribution in [-0.2, 0) is 4.79 Å². The molecule has 0 aromatic heterocycles. The van der Waals surface area contributed by atoms with Crippen molar-refractivity contribution in [1.82, 2.24) is 5.32 Å². The molecule has 1 fully saturated rings. The highest BCUT2D eigenvalue weighted by atomic mass is 16.5. The van der Waals surface area contributed by atoms with Crippen LogP contribution >= 0.6 is 0 Å². The summed E-state index contributed by atoms with van der Waals surface area (Å²) in [6.45, 7) is 4.66. The number of ether oxygens (including phenoxy) is 1. The van der Waals surface area contributed by atoms with Gasteiger partial charge >= 0.3 is 5.97 Å². The topological polar surface area (TPSA) is 75.6 Å². The van der Waals surface area contributed by atoms with E-state index < -0.39 is 12.0 Å². The van der Waals surface area contributed by atoms with Crippen LogP contribution in [0.25, 0.3) is 0 Å². The molecular weight excluding hydrogens is 270 g/mol. The van der Waals surface area contributed by atoms with Crippen molar-refractivity contribution >= 4 is 11.9 Å². The number of nitrogens with one attached hydrogen (secondary N) is 1. The molecular formula is C16H21NO4. The van der Waals surface area contributed by atoms with Crippen LogP contribution in [0.1, 0.15) is 37.0 Å². The van der Waals surface area contributed by atoms with E-state index in [0.29, 0.717) is 23.8 Å². The zero-order valence-electron chi connectivity index (χ0n) is 12.3. The molecule has 1 amide bonds. The van der Waals surface area contributed by atoms with E-state index in [1.165, 1.54) is 0 Å². The number of carboxylic acid groups (broad SMARTS) is 1. The molecule has 1 aliphatic rings. The summed E-state index contributed by atoms with van der Waals surface area (Å²) in [4.78, 5) is 23.3. The maximum Gasteiger partial charge on any atom is 0.326 e. The standard InChI is InChI=1S/C16H21NO4/c1-10(2)9-21-13-5-3-4-12(8-13)15(18)17-14(16(19)20)11-6-7-11/h3-5,8,10-11,14H,6-7,9H2,1-2H3,(H,17,18)(H,19,20). The molecule has 2 rings (SSSR count). The Hall–Kier alpha value is -2.04. The summed E-state index contributed by atoms with van der Waals surface area (Å²) in [6, 6.07) is 6.02.